The number of benzene rings is 2. The second kappa shape index (κ2) is 8.24. The molecule has 2 aromatic carbocycles. The Hall–Kier alpha value is -2.88. The number of aryl methyl sites for hydroxylation is 1. The molecule has 29 heavy (non-hydrogen) atoms. The fourth-order valence-corrected chi connectivity index (χ4v) is 4.65. The van der Waals surface area contributed by atoms with Crippen molar-refractivity contribution in [3.63, 3.8) is 0 Å². The molecule has 0 saturated heterocycles. The molecule has 1 aromatic heterocycles. The zero-order valence-corrected chi connectivity index (χ0v) is 16.8. The minimum absolute atomic E-state index is 0.0981. The Morgan fingerprint density at radius 2 is 1.72 bits per heavy atom. The monoisotopic (exact) mass is 388 g/mol. The molecule has 0 aliphatic heterocycles. The minimum Gasteiger partial charge on any atom is -0.549 e. The Labute approximate surface area is 171 Å². The van der Waals surface area contributed by atoms with Crippen molar-refractivity contribution in [2.45, 2.75) is 50.4 Å². The highest BCUT2D eigenvalue weighted by Gasteiger charge is 2.23. The summed E-state index contributed by atoms with van der Waals surface area (Å²) >= 11 is 0. The van der Waals surface area contributed by atoms with Crippen LogP contribution in [-0.2, 0) is 11.8 Å². The van der Waals surface area contributed by atoms with Crippen LogP contribution in [0.4, 0.5) is 0 Å². The van der Waals surface area contributed by atoms with Crippen LogP contribution in [0.15, 0.2) is 54.7 Å². The molecular formula is C25H26NO3-. The van der Waals surface area contributed by atoms with Crippen molar-refractivity contribution < 1.29 is 14.7 Å². The number of aliphatic carboxylic acids is 1. The molecule has 1 saturated carbocycles. The second-order valence-electron chi connectivity index (χ2n) is 8.17. The van der Waals surface area contributed by atoms with Gasteiger partial charge in [0.2, 0.25) is 0 Å². The number of carbonyl (C=O) groups excluding carboxylic acids is 2. The number of hydrogen-bond donors (Lipinski definition) is 0. The smallest absolute Gasteiger partial charge is 0.163 e. The lowest BCUT2D eigenvalue weighted by molar-refractivity contribution is -0.307. The quantitative estimate of drug-likeness (QED) is 0.591. The average molecular weight is 388 g/mol. The number of nitrogens with zero attached hydrogens (tertiary/aromatic N) is 1. The van der Waals surface area contributed by atoms with Gasteiger partial charge in [0, 0.05) is 48.0 Å². The zero-order valence-electron chi connectivity index (χ0n) is 16.8. The maximum absolute atomic E-state index is 12.9. The van der Waals surface area contributed by atoms with E-state index in [9.17, 15) is 14.7 Å². The summed E-state index contributed by atoms with van der Waals surface area (Å²) in [4.78, 5) is 24.8. The third-order valence-electron chi connectivity index (χ3n) is 6.29. The van der Waals surface area contributed by atoms with Crippen molar-refractivity contribution in [3.05, 3.63) is 71.4 Å². The van der Waals surface area contributed by atoms with Crippen LogP contribution in [-0.4, -0.2) is 16.3 Å². The molecule has 4 nitrogen and oxygen atoms in total. The molecule has 1 fully saturated rings. The molecule has 1 atom stereocenters. The van der Waals surface area contributed by atoms with Crippen molar-refractivity contribution in [1.82, 2.24) is 4.57 Å². The summed E-state index contributed by atoms with van der Waals surface area (Å²) in [7, 11) is 1.88. The van der Waals surface area contributed by atoms with Gasteiger partial charge in [0.05, 0.1) is 0 Å². The molecule has 0 amide bonds. The number of para-hydroxylation sites is 1. The summed E-state index contributed by atoms with van der Waals surface area (Å²) in [6, 6.07) is 15.4. The normalized spacial score (nSPS) is 16.0. The highest BCUT2D eigenvalue weighted by atomic mass is 16.4. The summed E-state index contributed by atoms with van der Waals surface area (Å²) in [5, 5.41) is 12.8. The maximum Gasteiger partial charge on any atom is 0.163 e. The van der Waals surface area contributed by atoms with Crippen LogP contribution in [0.3, 0.4) is 0 Å². The van der Waals surface area contributed by atoms with E-state index in [1.807, 2.05) is 60.1 Å². The first-order valence-electron chi connectivity index (χ1n) is 10.4. The molecule has 0 spiro atoms. The Kier molecular flexibility index (Phi) is 5.52. The van der Waals surface area contributed by atoms with Gasteiger partial charge in [-0.3, -0.25) is 4.79 Å². The second-order valence-corrected chi connectivity index (χ2v) is 8.17. The summed E-state index contributed by atoms with van der Waals surface area (Å²) in [6.45, 7) is 0. The van der Waals surface area contributed by atoms with E-state index in [0.29, 0.717) is 17.0 Å². The summed E-state index contributed by atoms with van der Waals surface area (Å²) in [6.07, 6.45) is 7.96. The van der Waals surface area contributed by atoms with Crippen LogP contribution in [0.25, 0.3) is 10.9 Å². The van der Waals surface area contributed by atoms with Crippen LogP contribution >= 0.6 is 0 Å². The van der Waals surface area contributed by atoms with Crippen molar-refractivity contribution in [2.75, 3.05) is 0 Å². The Bertz CT molecular complexity index is 1030. The van der Waals surface area contributed by atoms with Gasteiger partial charge < -0.3 is 14.5 Å². The summed E-state index contributed by atoms with van der Waals surface area (Å²) < 4.78 is 1.89. The molecule has 3 aromatic rings. The number of carboxylic acids is 1. The molecule has 1 aliphatic carbocycles. The lowest BCUT2D eigenvalue weighted by Gasteiger charge is -2.22. The molecule has 1 aliphatic rings. The molecule has 4 heteroatoms. The number of rotatable bonds is 6. The number of hydrogen-bond acceptors (Lipinski definition) is 3. The van der Waals surface area contributed by atoms with Gasteiger partial charge in [0.1, 0.15) is 0 Å². The summed E-state index contributed by atoms with van der Waals surface area (Å²) in [5.41, 5.74) is 3.43. The first kappa shape index (κ1) is 19.4. The van der Waals surface area contributed by atoms with Gasteiger partial charge in [-0.2, -0.15) is 0 Å². The van der Waals surface area contributed by atoms with E-state index in [0.717, 1.165) is 10.9 Å². The Balaban J connectivity index is 1.55. The predicted molar refractivity (Wildman–Crippen MR) is 112 cm³/mol. The molecule has 1 heterocycles. The lowest BCUT2D eigenvalue weighted by atomic mass is 9.83. The van der Waals surface area contributed by atoms with Crippen molar-refractivity contribution in [3.8, 4) is 0 Å². The van der Waals surface area contributed by atoms with E-state index in [-0.39, 0.29) is 12.2 Å². The largest absolute Gasteiger partial charge is 0.549 e. The SMILES string of the molecule is Cn1cc([C@@H](CC(=O)c2ccc(C3CCCCC3)cc2)C(=O)[O-])c2ccccc21. The first-order chi connectivity index (χ1) is 14.0. The molecule has 0 radical (unpaired) electrons. The molecule has 0 N–H and O–H groups in total. The average Bonchev–Trinajstić information content (AvgIpc) is 3.09. The molecule has 0 bridgehead atoms. The van der Waals surface area contributed by atoms with Crippen molar-refractivity contribution >= 4 is 22.7 Å². The number of Topliss-reactive ketones (excluding diaryl/α,β-unsaturated/α-hetero) is 1. The molecule has 150 valence electrons. The first-order valence-corrected chi connectivity index (χ1v) is 10.4. The van der Waals surface area contributed by atoms with E-state index >= 15 is 0 Å². The zero-order chi connectivity index (χ0) is 20.4. The van der Waals surface area contributed by atoms with E-state index in [2.05, 4.69) is 0 Å². The van der Waals surface area contributed by atoms with Gasteiger partial charge >= 0.3 is 0 Å². The van der Waals surface area contributed by atoms with Crippen LogP contribution in [0, 0.1) is 0 Å². The molecule has 4 rings (SSSR count). The number of fused-ring (bicyclic) bond motifs is 1. The maximum atomic E-state index is 12.9. The van der Waals surface area contributed by atoms with E-state index in [1.165, 1.54) is 37.7 Å². The standard InChI is InChI=1S/C25H27NO3/c1-26-16-22(20-9-5-6-10-23(20)26)21(25(28)29)15-24(27)19-13-11-18(12-14-19)17-7-3-2-4-8-17/h5-6,9-14,16-17,21H,2-4,7-8,15H2,1H3,(H,28,29)/p-1/t21-/m1/s1. The molecular weight excluding hydrogens is 362 g/mol. The highest BCUT2D eigenvalue weighted by molar-refractivity contribution is 6.00. The molecule has 0 unspecified atom stereocenters. The van der Waals surface area contributed by atoms with Crippen molar-refractivity contribution in [1.29, 1.82) is 0 Å². The fourth-order valence-electron chi connectivity index (χ4n) is 4.65. The van der Waals surface area contributed by atoms with Crippen LogP contribution in [0.5, 0.6) is 0 Å². The number of carbonyl (C=O) groups is 2. The van der Waals surface area contributed by atoms with Crippen LogP contribution in [0.1, 0.15) is 71.8 Å². The van der Waals surface area contributed by atoms with Gasteiger partial charge in [-0.15, -0.1) is 0 Å². The number of carboxylic acid groups (broad SMARTS) is 1. The van der Waals surface area contributed by atoms with Gasteiger partial charge in [0.15, 0.2) is 5.78 Å². The van der Waals surface area contributed by atoms with Gasteiger partial charge in [0.25, 0.3) is 0 Å². The Morgan fingerprint density at radius 3 is 2.41 bits per heavy atom. The van der Waals surface area contributed by atoms with E-state index in [4.69, 9.17) is 0 Å². The van der Waals surface area contributed by atoms with Crippen LogP contribution < -0.4 is 5.11 Å². The minimum atomic E-state index is -1.21. The van der Waals surface area contributed by atoms with Gasteiger partial charge in [-0.05, 0) is 36.0 Å². The van der Waals surface area contributed by atoms with Gasteiger partial charge in [-0.25, -0.2) is 0 Å². The lowest BCUT2D eigenvalue weighted by Crippen LogP contribution is -2.31. The Morgan fingerprint density at radius 1 is 1.03 bits per heavy atom. The number of aromatic nitrogens is 1. The van der Waals surface area contributed by atoms with E-state index < -0.39 is 11.9 Å². The topological polar surface area (TPSA) is 62.1 Å². The van der Waals surface area contributed by atoms with E-state index in [1.54, 1.807) is 6.20 Å². The predicted octanol–water partition coefficient (Wildman–Crippen LogP) is 4.33. The van der Waals surface area contributed by atoms with Crippen LogP contribution in [0.2, 0.25) is 0 Å². The van der Waals surface area contributed by atoms with Crippen molar-refractivity contribution in [2.24, 2.45) is 7.05 Å². The highest BCUT2D eigenvalue weighted by Crippen LogP contribution is 2.33. The van der Waals surface area contributed by atoms with Gasteiger partial charge in [-0.1, -0.05) is 61.7 Å². The third-order valence-corrected chi connectivity index (χ3v) is 6.29. The fraction of sp³-hybridized carbons (Fsp3) is 0.360. The number of ketones is 1. The summed E-state index contributed by atoms with van der Waals surface area (Å²) in [5.74, 6) is -1.76. The third kappa shape index (κ3) is 3.98.